The highest BCUT2D eigenvalue weighted by Crippen LogP contribution is 2.30. The number of rotatable bonds is 4. The Balaban J connectivity index is 0.000000176. The van der Waals surface area contributed by atoms with Crippen molar-refractivity contribution in [2.24, 2.45) is 0 Å². The molecule has 0 bridgehead atoms. The summed E-state index contributed by atoms with van der Waals surface area (Å²) in [5.74, 6) is 0.0436. The van der Waals surface area contributed by atoms with Crippen molar-refractivity contribution in [1.29, 1.82) is 0 Å². The van der Waals surface area contributed by atoms with E-state index in [-0.39, 0.29) is 11.5 Å². The highest BCUT2D eigenvalue weighted by molar-refractivity contribution is 5.92. The van der Waals surface area contributed by atoms with Gasteiger partial charge in [-0.3, -0.25) is 9.59 Å². The van der Waals surface area contributed by atoms with Gasteiger partial charge in [-0.25, -0.2) is 0 Å². The van der Waals surface area contributed by atoms with Gasteiger partial charge in [-0.15, -0.1) is 0 Å². The molecule has 4 aromatic rings. The van der Waals surface area contributed by atoms with Crippen molar-refractivity contribution in [2.75, 3.05) is 0 Å². The van der Waals surface area contributed by atoms with Crippen molar-refractivity contribution in [3.8, 4) is 33.8 Å². The van der Waals surface area contributed by atoms with E-state index < -0.39 is 0 Å². The standard InChI is InChI=1S/C14H12O2.C13H10O2/c1-10-5-2-3-6-11(10)12-7-4-8-14(16)13(12)9-15;14-9-12-11(7-4-8-13(12)15)10-5-2-1-3-6-10/h2-9,16H,1H3;1-9,15H. The van der Waals surface area contributed by atoms with Gasteiger partial charge in [0.05, 0.1) is 11.1 Å². The van der Waals surface area contributed by atoms with E-state index >= 15 is 0 Å². The van der Waals surface area contributed by atoms with Gasteiger partial charge >= 0.3 is 0 Å². The molecule has 154 valence electrons. The number of hydrogen-bond donors (Lipinski definition) is 2. The Kier molecular flexibility index (Phi) is 6.97. The van der Waals surface area contributed by atoms with Gasteiger partial charge in [0.1, 0.15) is 11.5 Å². The molecular formula is C27H22O4. The number of phenolic OH excluding ortho intramolecular Hbond substituents is 2. The van der Waals surface area contributed by atoms with Gasteiger partial charge in [0.2, 0.25) is 0 Å². The zero-order valence-corrected chi connectivity index (χ0v) is 17.0. The Morgan fingerprint density at radius 3 is 1.61 bits per heavy atom. The predicted octanol–water partition coefficient (Wildman–Crippen LogP) is 6.05. The molecule has 0 amide bonds. The first kappa shape index (κ1) is 21.5. The van der Waals surface area contributed by atoms with E-state index in [1.54, 1.807) is 12.1 Å². The van der Waals surface area contributed by atoms with Crippen LogP contribution in [0.1, 0.15) is 26.3 Å². The fourth-order valence-electron chi connectivity index (χ4n) is 3.33. The summed E-state index contributed by atoms with van der Waals surface area (Å²) >= 11 is 0. The molecule has 31 heavy (non-hydrogen) atoms. The molecule has 0 saturated heterocycles. The lowest BCUT2D eigenvalue weighted by molar-refractivity contribution is 0.111. The second kappa shape index (κ2) is 10.0. The smallest absolute Gasteiger partial charge is 0.154 e. The summed E-state index contributed by atoms with van der Waals surface area (Å²) < 4.78 is 0. The average molecular weight is 410 g/mol. The van der Waals surface area contributed by atoms with Crippen LogP contribution >= 0.6 is 0 Å². The lowest BCUT2D eigenvalue weighted by Crippen LogP contribution is -1.90. The van der Waals surface area contributed by atoms with Gasteiger partial charge < -0.3 is 10.2 Å². The molecule has 4 heteroatoms. The molecule has 0 spiro atoms. The van der Waals surface area contributed by atoms with Crippen molar-refractivity contribution >= 4 is 12.6 Å². The molecule has 0 radical (unpaired) electrons. The van der Waals surface area contributed by atoms with Crippen LogP contribution in [-0.4, -0.2) is 22.8 Å². The first-order valence-electron chi connectivity index (χ1n) is 9.72. The highest BCUT2D eigenvalue weighted by Gasteiger charge is 2.10. The van der Waals surface area contributed by atoms with E-state index in [1.165, 1.54) is 12.1 Å². The Morgan fingerprint density at radius 2 is 1.03 bits per heavy atom. The third-order valence-electron chi connectivity index (χ3n) is 4.92. The van der Waals surface area contributed by atoms with Gasteiger partial charge in [-0.1, -0.05) is 78.9 Å². The maximum Gasteiger partial charge on any atom is 0.154 e. The van der Waals surface area contributed by atoms with Gasteiger partial charge in [0, 0.05) is 0 Å². The topological polar surface area (TPSA) is 74.6 Å². The molecule has 0 unspecified atom stereocenters. The first-order valence-corrected chi connectivity index (χ1v) is 9.72. The van der Waals surface area contributed by atoms with Crippen molar-refractivity contribution in [3.63, 3.8) is 0 Å². The zero-order chi connectivity index (χ0) is 22.2. The molecule has 0 aromatic heterocycles. The Morgan fingerprint density at radius 1 is 0.548 bits per heavy atom. The number of carbonyl (C=O) groups is 2. The molecular weight excluding hydrogens is 388 g/mol. The van der Waals surface area contributed by atoms with Crippen LogP contribution in [0.15, 0.2) is 91.0 Å². The second-order valence-electron chi connectivity index (χ2n) is 6.89. The van der Waals surface area contributed by atoms with Crippen molar-refractivity contribution in [1.82, 2.24) is 0 Å². The van der Waals surface area contributed by atoms with E-state index in [2.05, 4.69) is 0 Å². The number of carbonyl (C=O) groups excluding carboxylic acids is 2. The summed E-state index contributed by atoms with van der Waals surface area (Å²) in [6, 6.07) is 27.5. The van der Waals surface area contributed by atoms with Crippen LogP contribution in [0.2, 0.25) is 0 Å². The number of benzene rings is 4. The number of aryl methyl sites for hydroxylation is 1. The van der Waals surface area contributed by atoms with E-state index in [0.29, 0.717) is 23.7 Å². The molecule has 0 saturated carbocycles. The van der Waals surface area contributed by atoms with Crippen molar-refractivity contribution in [2.45, 2.75) is 6.92 Å². The van der Waals surface area contributed by atoms with Crippen LogP contribution < -0.4 is 0 Å². The first-order chi connectivity index (χ1) is 15.1. The summed E-state index contributed by atoms with van der Waals surface area (Å²) in [7, 11) is 0. The lowest BCUT2D eigenvalue weighted by atomic mass is 9.96. The molecule has 0 aliphatic carbocycles. The monoisotopic (exact) mass is 410 g/mol. The normalized spacial score (nSPS) is 9.97. The minimum Gasteiger partial charge on any atom is -0.507 e. The fraction of sp³-hybridized carbons (Fsp3) is 0.0370. The fourth-order valence-corrected chi connectivity index (χ4v) is 3.33. The maximum absolute atomic E-state index is 11.0. The summed E-state index contributed by atoms with van der Waals surface area (Å²) in [4.78, 5) is 21.8. The Labute approximate surface area is 181 Å². The van der Waals surface area contributed by atoms with E-state index in [0.717, 1.165) is 27.8 Å². The Hall–Kier alpha value is -4.18. The quantitative estimate of drug-likeness (QED) is 0.402. The van der Waals surface area contributed by atoms with Gasteiger partial charge in [-0.2, -0.15) is 0 Å². The predicted molar refractivity (Wildman–Crippen MR) is 123 cm³/mol. The highest BCUT2D eigenvalue weighted by atomic mass is 16.3. The van der Waals surface area contributed by atoms with Crippen molar-refractivity contribution < 1.29 is 19.8 Å². The van der Waals surface area contributed by atoms with E-state index in [9.17, 15) is 19.8 Å². The zero-order valence-electron chi connectivity index (χ0n) is 17.0. The number of hydrogen-bond acceptors (Lipinski definition) is 4. The molecule has 0 aliphatic heterocycles. The van der Waals surface area contributed by atoms with Gasteiger partial charge in [0.25, 0.3) is 0 Å². The van der Waals surface area contributed by atoms with Gasteiger partial charge in [0.15, 0.2) is 12.6 Å². The lowest BCUT2D eigenvalue weighted by Gasteiger charge is -2.09. The van der Waals surface area contributed by atoms with Crippen LogP contribution in [0, 0.1) is 6.92 Å². The molecule has 0 heterocycles. The maximum atomic E-state index is 11.0. The molecule has 4 aromatic carbocycles. The van der Waals surface area contributed by atoms with Crippen LogP contribution in [0.5, 0.6) is 11.5 Å². The Bertz CT molecular complexity index is 1200. The average Bonchev–Trinajstić information content (AvgIpc) is 2.80. The largest absolute Gasteiger partial charge is 0.507 e. The van der Waals surface area contributed by atoms with Crippen LogP contribution in [0.3, 0.4) is 0 Å². The molecule has 0 atom stereocenters. The van der Waals surface area contributed by atoms with Crippen molar-refractivity contribution in [3.05, 3.63) is 108 Å². The molecule has 4 rings (SSSR count). The summed E-state index contributed by atoms with van der Waals surface area (Å²) in [5.41, 5.74) is 5.19. The van der Waals surface area contributed by atoms with Crippen LogP contribution in [0.4, 0.5) is 0 Å². The summed E-state index contributed by atoms with van der Waals surface area (Å²) in [6.45, 7) is 1.98. The SMILES string of the molecule is Cc1ccccc1-c1cccc(O)c1C=O.O=Cc1c(O)cccc1-c1ccccc1. The summed E-state index contributed by atoms with van der Waals surface area (Å²) in [6.07, 6.45) is 1.37. The minimum atomic E-state index is 0.0198. The minimum absolute atomic E-state index is 0.0198. The molecule has 2 N–H and O–H groups in total. The second-order valence-corrected chi connectivity index (χ2v) is 6.89. The van der Waals surface area contributed by atoms with Crippen LogP contribution in [-0.2, 0) is 0 Å². The number of aromatic hydroxyl groups is 2. The molecule has 4 nitrogen and oxygen atoms in total. The van der Waals surface area contributed by atoms with E-state index in [1.807, 2.05) is 73.7 Å². The van der Waals surface area contributed by atoms with Gasteiger partial charge in [-0.05, 0) is 46.9 Å². The van der Waals surface area contributed by atoms with Crippen LogP contribution in [0.25, 0.3) is 22.3 Å². The van der Waals surface area contributed by atoms with E-state index in [4.69, 9.17) is 0 Å². The number of aldehydes is 2. The third kappa shape index (κ3) is 4.87. The summed E-state index contributed by atoms with van der Waals surface area (Å²) in [5, 5.41) is 19.1. The molecule has 0 fully saturated rings. The number of phenols is 2. The molecule has 0 aliphatic rings. The third-order valence-corrected chi connectivity index (χ3v) is 4.92.